The fourth-order valence-corrected chi connectivity index (χ4v) is 2.42. The van der Waals surface area contributed by atoms with Gasteiger partial charge in [0, 0.05) is 25.3 Å². The monoisotopic (exact) mass is 266 g/mol. The van der Waals surface area contributed by atoms with Crippen LogP contribution in [-0.4, -0.2) is 38.7 Å². The Labute approximate surface area is 113 Å². The number of aliphatic hydroxyl groups excluding tert-OH is 1. The SMILES string of the molecule is CC(C(=O)NC1CCCCC1)n1cc(CCO)nn1. The number of nitrogens with one attached hydrogen (secondary N) is 1. The van der Waals surface area contributed by atoms with E-state index in [9.17, 15) is 4.79 Å². The first-order valence-electron chi connectivity index (χ1n) is 7.02. The molecule has 1 heterocycles. The molecule has 0 bridgehead atoms. The van der Waals surface area contributed by atoms with Crippen LogP contribution in [0.2, 0.25) is 0 Å². The van der Waals surface area contributed by atoms with Gasteiger partial charge in [-0.15, -0.1) is 5.10 Å². The van der Waals surface area contributed by atoms with Crippen molar-refractivity contribution < 1.29 is 9.90 Å². The van der Waals surface area contributed by atoms with Gasteiger partial charge in [-0.3, -0.25) is 4.79 Å². The summed E-state index contributed by atoms with van der Waals surface area (Å²) in [6.07, 6.45) is 8.01. The summed E-state index contributed by atoms with van der Waals surface area (Å²) < 4.78 is 1.56. The van der Waals surface area contributed by atoms with Crippen molar-refractivity contribution in [3.8, 4) is 0 Å². The van der Waals surface area contributed by atoms with Crippen molar-refractivity contribution in [3.63, 3.8) is 0 Å². The molecule has 0 saturated heterocycles. The first-order chi connectivity index (χ1) is 9.20. The van der Waals surface area contributed by atoms with Crippen molar-refractivity contribution in [3.05, 3.63) is 11.9 Å². The van der Waals surface area contributed by atoms with Crippen molar-refractivity contribution in [1.29, 1.82) is 0 Å². The largest absolute Gasteiger partial charge is 0.396 e. The van der Waals surface area contributed by atoms with Crippen LogP contribution in [0.4, 0.5) is 0 Å². The number of aliphatic hydroxyl groups is 1. The molecule has 0 radical (unpaired) electrons. The third-order valence-corrected chi connectivity index (χ3v) is 3.65. The summed E-state index contributed by atoms with van der Waals surface area (Å²) in [4.78, 5) is 12.1. The average molecular weight is 266 g/mol. The third kappa shape index (κ3) is 3.76. The van der Waals surface area contributed by atoms with E-state index in [1.54, 1.807) is 10.9 Å². The lowest BCUT2D eigenvalue weighted by Crippen LogP contribution is -2.40. The first kappa shape index (κ1) is 14.0. The van der Waals surface area contributed by atoms with E-state index in [-0.39, 0.29) is 18.6 Å². The molecule has 2 rings (SSSR count). The molecule has 6 heteroatoms. The molecule has 106 valence electrons. The smallest absolute Gasteiger partial charge is 0.244 e. The number of hydrogen-bond donors (Lipinski definition) is 2. The lowest BCUT2D eigenvalue weighted by Gasteiger charge is -2.24. The summed E-state index contributed by atoms with van der Waals surface area (Å²) in [5, 5.41) is 19.8. The Bertz CT molecular complexity index is 413. The van der Waals surface area contributed by atoms with Crippen molar-refractivity contribution in [1.82, 2.24) is 20.3 Å². The van der Waals surface area contributed by atoms with Crippen LogP contribution in [0, 0.1) is 0 Å². The molecule has 1 fully saturated rings. The maximum absolute atomic E-state index is 12.1. The average Bonchev–Trinajstić information content (AvgIpc) is 2.88. The minimum Gasteiger partial charge on any atom is -0.396 e. The molecule has 1 aromatic heterocycles. The second-order valence-corrected chi connectivity index (χ2v) is 5.18. The summed E-state index contributed by atoms with van der Waals surface area (Å²) >= 11 is 0. The van der Waals surface area contributed by atoms with Gasteiger partial charge in [0.1, 0.15) is 6.04 Å². The molecule has 1 aromatic rings. The van der Waals surface area contributed by atoms with Crippen LogP contribution in [0.3, 0.4) is 0 Å². The number of rotatable bonds is 5. The van der Waals surface area contributed by atoms with Crippen molar-refractivity contribution in [2.75, 3.05) is 6.61 Å². The number of carbonyl (C=O) groups excluding carboxylic acids is 1. The van der Waals surface area contributed by atoms with Gasteiger partial charge in [-0.05, 0) is 19.8 Å². The van der Waals surface area contributed by atoms with Gasteiger partial charge in [-0.25, -0.2) is 4.68 Å². The molecular weight excluding hydrogens is 244 g/mol. The Hall–Kier alpha value is -1.43. The van der Waals surface area contributed by atoms with E-state index in [4.69, 9.17) is 5.11 Å². The van der Waals surface area contributed by atoms with Crippen LogP contribution < -0.4 is 5.32 Å². The van der Waals surface area contributed by atoms with Crippen molar-refractivity contribution in [2.45, 2.75) is 57.5 Å². The van der Waals surface area contributed by atoms with E-state index in [2.05, 4.69) is 15.6 Å². The summed E-state index contributed by atoms with van der Waals surface area (Å²) in [6.45, 7) is 1.86. The summed E-state index contributed by atoms with van der Waals surface area (Å²) in [5.41, 5.74) is 0.708. The predicted molar refractivity (Wildman–Crippen MR) is 70.5 cm³/mol. The van der Waals surface area contributed by atoms with Crippen LogP contribution >= 0.6 is 0 Å². The molecule has 1 aliphatic rings. The van der Waals surface area contributed by atoms with E-state index in [1.807, 2.05) is 6.92 Å². The van der Waals surface area contributed by atoms with Crippen LogP contribution in [0.15, 0.2) is 6.20 Å². The Morgan fingerprint density at radius 3 is 2.95 bits per heavy atom. The highest BCUT2D eigenvalue weighted by Crippen LogP contribution is 2.18. The number of nitrogens with zero attached hydrogens (tertiary/aromatic N) is 3. The van der Waals surface area contributed by atoms with E-state index >= 15 is 0 Å². The van der Waals surface area contributed by atoms with Gasteiger partial charge in [-0.2, -0.15) is 0 Å². The van der Waals surface area contributed by atoms with E-state index in [1.165, 1.54) is 19.3 Å². The van der Waals surface area contributed by atoms with Gasteiger partial charge in [0.05, 0.1) is 5.69 Å². The topological polar surface area (TPSA) is 80.0 Å². The fourth-order valence-electron chi connectivity index (χ4n) is 2.42. The molecular formula is C13H22N4O2. The minimum atomic E-state index is -0.359. The second kappa shape index (κ2) is 6.65. The fraction of sp³-hybridized carbons (Fsp3) is 0.769. The Morgan fingerprint density at radius 2 is 2.26 bits per heavy atom. The maximum Gasteiger partial charge on any atom is 0.244 e. The molecule has 1 unspecified atom stereocenters. The lowest BCUT2D eigenvalue weighted by atomic mass is 9.95. The standard InChI is InChI=1S/C13H22N4O2/c1-10(17-9-12(7-8-18)15-16-17)13(19)14-11-5-3-2-4-6-11/h9-11,18H,2-8H2,1H3,(H,14,19). The second-order valence-electron chi connectivity index (χ2n) is 5.18. The normalized spacial score (nSPS) is 18.2. The van der Waals surface area contributed by atoms with Crippen LogP contribution in [0.25, 0.3) is 0 Å². The maximum atomic E-state index is 12.1. The highest BCUT2D eigenvalue weighted by Gasteiger charge is 2.21. The Morgan fingerprint density at radius 1 is 1.53 bits per heavy atom. The van der Waals surface area contributed by atoms with Gasteiger partial charge in [-0.1, -0.05) is 24.5 Å². The van der Waals surface area contributed by atoms with Crippen LogP contribution in [0.5, 0.6) is 0 Å². The zero-order valence-electron chi connectivity index (χ0n) is 11.4. The van der Waals surface area contributed by atoms with Crippen molar-refractivity contribution in [2.24, 2.45) is 0 Å². The number of hydrogen-bond acceptors (Lipinski definition) is 4. The van der Waals surface area contributed by atoms with Gasteiger partial charge in [0.25, 0.3) is 0 Å². The Balaban J connectivity index is 1.89. The quantitative estimate of drug-likeness (QED) is 0.827. The molecule has 0 aliphatic heterocycles. The van der Waals surface area contributed by atoms with Gasteiger partial charge >= 0.3 is 0 Å². The number of amides is 1. The highest BCUT2D eigenvalue weighted by atomic mass is 16.3. The zero-order valence-corrected chi connectivity index (χ0v) is 11.4. The zero-order chi connectivity index (χ0) is 13.7. The van der Waals surface area contributed by atoms with E-state index < -0.39 is 0 Å². The van der Waals surface area contributed by atoms with Gasteiger partial charge in [0.15, 0.2) is 0 Å². The minimum absolute atomic E-state index is 0.00708. The lowest BCUT2D eigenvalue weighted by molar-refractivity contribution is -0.125. The third-order valence-electron chi connectivity index (χ3n) is 3.65. The molecule has 0 spiro atoms. The number of aromatic nitrogens is 3. The summed E-state index contributed by atoms with van der Waals surface area (Å²) in [7, 11) is 0. The van der Waals surface area contributed by atoms with Gasteiger partial charge < -0.3 is 10.4 Å². The molecule has 2 N–H and O–H groups in total. The molecule has 19 heavy (non-hydrogen) atoms. The number of carbonyl (C=O) groups is 1. The van der Waals surface area contributed by atoms with Gasteiger partial charge in [0.2, 0.25) is 5.91 Å². The Kier molecular flexibility index (Phi) is 4.90. The summed E-state index contributed by atoms with van der Waals surface area (Å²) in [5.74, 6) is -0.00708. The summed E-state index contributed by atoms with van der Waals surface area (Å²) in [6, 6.07) is -0.0500. The molecule has 1 aliphatic carbocycles. The van der Waals surface area contributed by atoms with Crippen LogP contribution in [-0.2, 0) is 11.2 Å². The van der Waals surface area contributed by atoms with Crippen LogP contribution in [0.1, 0.15) is 50.8 Å². The molecule has 1 atom stereocenters. The molecule has 6 nitrogen and oxygen atoms in total. The first-order valence-corrected chi connectivity index (χ1v) is 7.02. The van der Waals surface area contributed by atoms with E-state index in [0.717, 1.165) is 12.8 Å². The highest BCUT2D eigenvalue weighted by molar-refractivity contribution is 5.80. The molecule has 0 aromatic carbocycles. The van der Waals surface area contributed by atoms with E-state index in [0.29, 0.717) is 18.2 Å². The molecule has 1 amide bonds. The van der Waals surface area contributed by atoms with Crippen molar-refractivity contribution >= 4 is 5.91 Å². The predicted octanol–water partition coefficient (Wildman–Crippen LogP) is 0.823. The molecule has 1 saturated carbocycles.